The number of anilines is 1. The average Bonchev–Trinajstić information content (AvgIpc) is 2.95. The molecule has 1 aromatic heterocycles. The van der Waals surface area contributed by atoms with Crippen molar-refractivity contribution in [2.75, 3.05) is 12.8 Å². The number of ether oxygens (including phenoxy) is 1. The van der Waals surface area contributed by atoms with Gasteiger partial charge in [-0.15, -0.1) is 0 Å². The van der Waals surface area contributed by atoms with Crippen LogP contribution in [0.15, 0.2) is 10.3 Å². The molecule has 1 fully saturated rings. The summed E-state index contributed by atoms with van der Waals surface area (Å²) in [6.45, 7) is 0. The number of rotatable bonds is 5. The first-order valence-electron chi connectivity index (χ1n) is 5.92. The molecule has 20 heavy (non-hydrogen) atoms. The first kappa shape index (κ1) is 15.2. The minimum Gasteiger partial charge on any atom is -0.385 e. The summed E-state index contributed by atoms with van der Waals surface area (Å²) in [6, 6.07) is 0.776. The SMILES string of the molecule is COC1CCC(NS(=O)(=O)c2cc([N+](=O)[O-])c(N)s2)C1. The number of nitrogens with zero attached hydrogens (tertiary/aromatic N) is 1. The van der Waals surface area contributed by atoms with Crippen LogP contribution >= 0.6 is 11.3 Å². The van der Waals surface area contributed by atoms with Gasteiger partial charge in [-0.05, 0) is 19.3 Å². The lowest BCUT2D eigenvalue weighted by atomic mass is 10.3. The molecule has 0 saturated heterocycles. The molecule has 0 bridgehead atoms. The number of methoxy groups -OCH3 is 1. The van der Waals surface area contributed by atoms with Crippen LogP contribution in [0.5, 0.6) is 0 Å². The molecule has 1 aromatic rings. The molecule has 0 amide bonds. The molecule has 0 aromatic carbocycles. The Morgan fingerprint density at radius 1 is 1.55 bits per heavy atom. The highest BCUT2D eigenvalue weighted by molar-refractivity contribution is 7.91. The molecule has 2 unspecified atom stereocenters. The van der Waals surface area contributed by atoms with E-state index in [4.69, 9.17) is 10.5 Å². The van der Waals surface area contributed by atoms with Gasteiger partial charge in [-0.2, -0.15) is 0 Å². The van der Waals surface area contributed by atoms with Crippen molar-refractivity contribution in [2.45, 2.75) is 35.6 Å². The molecule has 1 heterocycles. The van der Waals surface area contributed by atoms with Gasteiger partial charge >= 0.3 is 5.69 Å². The van der Waals surface area contributed by atoms with Gasteiger partial charge in [0.15, 0.2) is 5.00 Å². The zero-order valence-corrected chi connectivity index (χ0v) is 12.4. The zero-order valence-electron chi connectivity index (χ0n) is 10.7. The van der Waals surface area contributed by atoms with Gasteiger partial charge in [0.1, 0.15) is 4.21 Å². The number of nitrogen functional groups attached to an aromatic ring is 1. The van der Waals surface area contributed by atoms with E-state index in [0.29, 0.717) is 24.2 Å². The van der Waals surface area contributed by atoms with Crippen molar-refractivity contribution < 1.29 is 18.1 Å². The quantitative estimate of drug-likeness (QED) is 0.617. The highest BCUT2D eigenvalue weighted by Crippen LogP contribution is 2.35. The van der Waals surface area contributed by atoms with E-state index in [0.717, 1.165) is 12.5 Å². The van der Waals surface area contributed by atoms with E-state index in [1.54, 1.807) is 7.11 Å². The van der Waals surface area contributed by atoms with Crippen molar-refractivity contribution in [3.05, 3.63) is 16.2 Å². The maximum absolute atomic E-state index is 12.2. The molecular weight excluding hydrogens is 306 g/mol. The first-order chi connectivity index (χ1) is 9.33. The minimum absolute atomic E-state index is 0.0467. The number of thiophene rings is 1. The first-order valence-corrected chi connectivity index (χ1v) is 8.22. The predicted molar refractivity (Wildman–Crippen MR) is 74.1 cm³/mol. The summed E-state index contributed by atoms with van der Waals surface area (Å²) in [5.74, 6) is 0. The van der Waals surface area contributed by atoms with E-state index in [9.17, 15) is 18.5 Å². The zero-order chi connectivity index (χ0) is 14.9. The van der Waals surface area contributed by atoms with Crippen molar-refractivity contribution in [2.24, 2.45) is 0 Å². The molecule has 8 nitrogen and oxygen atoms in total. The third-order valence-electron chi connectivity index (χ3n) is 3.22. The third-order valence-corrected chi connectivity index (χ3v) is 6.17. The maximum atomic E-state index is 12.2. The van der Waals surface area contributed by atoms with E-state index in [1.165, 1.54) is 0 Å². The van der Waals surface area contributed by atoms with Crippen molar-refractivity contribution in [3.63, 3.8) is 0 Å². The van der Waals surface area contributed by atoms with Crippen LogP contribution in [0.1, 0.15) is 19.3 Å². The number of sulfonamides is 1. The number of nitrogens with two attached hydrogens (primary N) is 1. The number of nitrogens with one attached hydrogen (secondary N) is 1. The van der Waals surface area contributed by atoms with Gasteiger partial charge in [-0.25, -0.2) is 13.1 Å². The highest BCUT2D eigenvalue weighted by atomic mass is 32.2. The lowest BCUT2D eigenvalue weighted by Gasteiger charge is -2.12. The van der Waals surface area contributed by atoms with Crippen LogP contribution in [0.2, 0.25) is 0 Å². The summed E-state index contributed by atoms with van der Waals surface area (Å²) in [5, 5.41) is 10.6. The second-order valence-electron chi connectivity index (χ2n) is 4.56. The Labute approximate surface area is 120 Å². The van der Waals surface area contributed by atoms with Gasteiger partial charge in [0, 0.05) is 19.2 Å². The Morgan fingerprint density at radius 3 is 2.75 bits per heavy atom. The third kappa shape index (κ3) is 3.08. The summed E-state index contributed by atoms with van der Waals surface area (Å²) in [6.07, 6.45) is 2.11. The van der Waals surface area contributed by atoms with Gasteiger partial charge in [-0.3, -0.25) is 10.1 Å². The average molecular weight is 321 g/mol. The van der Waals surface area contributed by atoms with Crippen LogP contribution in [0, 0.1) is 10.1 Å². The van der Waals surface area contributed by atoms with Gasteiger partial charge in [0.25, 0.3) is 10.0 Å². The van der Waals surface area contributed by atoms with E-state index >= 15 is 0 Å². The summed E-state index contributed by atoms with van der Waals surface area (Å²) in [7, 11) is -2.19. The fourth-order valence-electron chi connectivity index (χ4n) is 2.19. The van der Waals surface area contributed by atoms with Crippen molar-refractivity contribution in [1.82, 2.24) is 4.72 Å². The molecule has 1 aliphatic rings. The van der Waals surface area contributed by atoms with E-state index in [1.807, 2.05) is 0 Å². The van der Waals surface area contributed by atoms with Crippen LogP contribution in [-0.4, -0.2) is 32.6 Å². The van der Waals surface area contributed by atoms with Crippen molar-refractivity contribution in [3.8, 4) is 0 Å². The smallest absolute Gasteiger partial charge is 0.304 e. The number of nitro groups is 1. The Morgan fingerprint density at radius 2 is 2.25 bits per heavy atom. The van der Waals surface area contributed by atoms with E-state index in [-0.39, 0.29) is 27.0 Å². The van der Waals surface area contributed by atoms with Crippen LogP contribution in [-0.2, 0) is 14.8 Å². The molecule has 0 spiro atoms. The Kier molecular flexibility index (Phi) is 4.28. The monoisotopic (exact) mass is 321 g/mol. The fourth-order valence-corrected chi connectivity index (χ4v) is 4.70. The van der Waals surface area contributed by atoms with Crippen molar-refractivity contribution >= 4 is 32.0 Å². The second kappa shape index (κ2) is 5.64. The molecule has 1 aliphatic carbocycles. The standard InChI is InChI=1S/C10H15N3O5S2/c1-18-7-3-2-6(4-7)12-20(16,17)9-5-8(13(14)15)10(11)19-9/h5-7,12H,2-4,11H2,1H3. The lowest BCUT2D eigenvalue weighted by Crippen LogP contribution is -2.33. The number of hydrogen-bond donors (Lipinski definition) is 2. The molecule has 10 heteroatoms. The van der Waals surface area contributed by atoms with Gasteiger partial charge in [0.2, 0.25) is 0 Å². The molecule has 1 saturated carbocycles. The van der Waals surface area contributed by atoms with Crippen molar-refractivity contribution in [1.29, 1.82) is 0 Å². The van der Waals surface area contributed by atoms with Gasteiger partial charge in [-0.1, -0.05) is 11.3 Å². The lowest BCUT2D eigenvalue weighted by molar-refractivity contribution is -0.383. The van der Waals surface area contributed by atoms with Gasteiger partial charge in [0.05, 0.1) is 11.0 Å². The van der Waals surface area contributed by atoms with E-state index < -0.39 is 14.9 Å². The summed E-state index contributed by atoms with van der Waals surface area (Å²) in [4.78, 5) is 10.00. The maximum Gasteiger partial charge on any atom is 0.304 e. The predicted octanol–water partition coefficient (Wildman–Crippen LogP) is 1.08. The van der Waals surface area contributed by atoms with Crippen LogP contribution < -0.4 is 10.5 Å². The Hall–Kier alpha value is -1.23. The second-order valence-corrected chi connectivity index (χ2v) is 7.59. The molecule has 0 aliphatic heterocycles. The van der Waals surface area contributed by atoms with Crippen LogP contribution in [0.3, 0.4) is 0 Å². The summed E-state index contributed by atoms with van der Waals surface area (Å²) < 4.78 is 31.9. The molecular formula is C10H15N3O5S2. The summed E-state index contributed by atoms with van der Waals surface area (Å²) >= 11 is 0.694. The molecule has 0 radical (unpaired) electrons. The largest absolute Gasteiger partial charge is 0.385 e. The minimum atomic E-state index is -3.78. The topological polar surface area (TPSA) is 125 Å². The molecule has 3 N–H and O–H groups in total. The number of hydrogen-bond acceptors (Lipinski definition) is 7. The van der Waals surface area contributed by atoms with Crippen LogP contribution in [0.4, 0.5) is 10.7 Å². The van der Waals surface area contributed by atoms with Crippen LogP contribution in [0.25, 0.3) is 0 Å². The summed E-state index contributed by atoms with van der Waals surface area (Å²) in [5.41, 5.74) is 5.08. The van der Waals surface area contributed by atoms with Gasteiger partial charge < -0.3 is 10.5 Å². The molecule has 112 valence electrons. The highest BCUT2D eigenvalue weighted by Gasteiger charge is 2.31. The molecule has 2 rings (SSSR count). The normalized spacial score (nSPS) is 23.1. The Bertz CT molecular complexity index is 612. The van der Waals surface area contributed by atoms with E-state index in [2.05, 4.69) is 4.72 Å². The molecule has 2 atom stereocenters. The fraction of sp³-hybridized carbons (Fsp3) is 0.600. The Balaban J connectivity index is 2.15.